The van der Waals surface area contributed by atoms with Crippen molar-refractivity contribution < 1.29 is 23.2 Å². The largest absolute Gasteiger partial charge is 0.461 e. The van der Waals surface area contributed by atoms with Gasteiger partial charge in [-0.3, -0.25) is 10.1 Å². The molecule has 0 spiro atoms. The number of amides is 2. The lowest BCUT2D eigenvalue weighted by Gasteiger charge is -1.93. The number of oxazole rings is 1. The monoisotopic (exact) mass is 426 g/mol. The molecule has 0 unspecified atom stereocenters. The summed E-state index contributed by atoms with van der Waals surface area (Å²) in [5.74, 6) is 1.56. The molecule has 2 amide bonds. The number of fused-ring (bicyclic) bond motifs is 1. The number of ether oxygens (including phenoxy) is 1. The molecule has 158 valence electrons. The fourth-order valence-corrected chi connectivity index (χ4v) is 3.45. The number of nitrogens with zero attached hydrogens (tertiary/aromatic N) is 1. The second-order valence-corrected chi connectivity index (χ2v) is 7.31. The molecular weight excluding hydrogens is 408 g/mol. The van der Waals surface area contributed by atoms with E-state index in [2.05, 4.69) is 10.3 Å². The van der Waals surface area contributed by atoms with Crippen LogP contribution in [0.5, 0.6) is 0 Å². The predicted octanol–water partition coefficient (Wildman–Crippen LogP) is 5.15. The third kappa shape index (κ3) is 3.96. The number of imide groups is 1. The molecule has 1 aliphatic heterocycles. The Morgan fingerprint density at radius 1 is 1.03 bits per heavy atom. The van der Waals surface area contributed by atoms with Crippen LogP contribution in [0.3, 0.4) is 0 Å². The van der Waals surface area contributed by atoms with Gasteiger partial charge in [0, 0.05) is 10.9 Å². The van der Waals surface area contributed by atoms with E-state index in [0.29, 0.717) is 12.3 Å². The summed E-state index contributed by atoms with van der Waals surface area (Å²) >= 11 is 0. The number of rotatable bonds is 5. The van der Waals surface area contributed by atoms with Gasteiger partial charge in [-0.05, 0) is 48.9 Å². The minimum atomic E-state index is -0.764. The summed E-state index contributed by atoms with van der Waals surface area (Å²) in [6.07, 6.45) is 4.67. The van der Waals surface area contributed by atoms with Gasteiger partial charge in [-0.15, -0.1) is 0 Å². The molecule has 2 aromatic carbocycles. The maximum Gasteiger partial charge on any atom is 0.419 e. The number of aryl methyl sites for hydroxylation is 1. The highest BCUT2D eigenvalue weighted by Crippen LogP contribution is 2.26. The quantitative estimate of drug-likeness (QED) is 0.444. The van der Waals surface area contributed by atoms with Gasteiger partial charge in [0.2, 0.25) is 5.89 Å². The van der Waals surface area contributed by atoms with Gasteiger partial charge in [-0.25, -0.2) is 9.78 Å². The van der Waals surface area contributed by atoms with Gasteiger partial charge in [0.15, 0.2) is 5.76 Å². The first-order valence-corrected chi connectivity index (χ1v) is 10.0. The Morgan fingerprint density at radius 3 is 2.66 bits per heavy atom. The molecule has 3 heterocycles. The Balaban J connectivity index is 1.34. The molecule has 2 aromatic heterocycles. The van der Waals surface area contributed by atoms with Crippen LogP contribution in [0.15, 0.2) is 81.3 Å². The van der Waals surface area contributed by atoms with Gasteiger partial charge in [-0.1, -0.05) is 36.4 Å². The zero-order valence-electron chi connectivity index (χ0n) is 17.1. The van der Waals surface area contributed by atoms with Crippen LogP contribution in [0.25, 0.3) is 28.5 Å². The molecule has 4 aromatic rings. The third-order valence-corrected chi connectivity index (χ3v) is 5.02. The standard InChI is InChI=1S/C25H18N2O5/c1-15-20(26-24(30-15)17-7-3-2-4-8-17)14-19-13-18-12-16(10-11-21(18)31-19)6-5-9-22-23(28)27-25(29)32-22/h2-13H,14H2,1H3,(H,27,28,29)/b6-5+,22-9-. The van der Waals surface area contributed by atoms with Crippen molar-refractivity contribution >= 4 is 29.0 Å². The zero-order valence-corrected chi connectivity index (χ0v) is 17.1. The molecule has 7 nitrogen and oxygen atoms in total. The smallest absolute Gasteiger partial charge is 0.419 e. The molecule has 0 radical (unpaired) electrons. The summed E-state index contributed by atoms with van der Waals surface area (Å²) in [6.45, 7) is 1.90. The van der Waals surface area contributed by atoms with E-state index < -0.39 is 12.0 Å². The van der Waals surface area contributed by atoms with Crippen molar-refractivity contribution in [3.05, 3.63) is 95.3 Å². The zero-order chi connectivity index (χ0) is 22.1. The van der Waals surface area contributed by atoms with Crippen molar-refractivity contribution in [1.29, 1.82) is 0 Å². The van der Waals surface area contributed by atoms with Gasteiger partial charge in [-0.2, -0.15) is 0 Å². The fourth-order valence-electron chi connectivity index (χ4n) is 3.45. The van der Waals surface area contributed by atoms with Crippen LogP contribution in [-0.2, 0) is 16.0 Å². The number of carbonyl (C=O) groups excluding carboxylic acids is 2. The summed E-state index contributed by atoms with van der Waals surface area (Å²) in [5.41, 5.74) is 3.45. The van der Waals surface area contributed by atoms with E-state index in [1.165, 1.54) is 6.08 Å². The molecule has 1 aliphatic rings. The van der Waals surface area contributed by atoms with Crippen LogP contribution in [-0.4, -0.2) is 17.0 Å². The van der Waals surface area contributed by atoms with Crippen LogP contribution in [0.4, 0.5) is 4.79 Å². The molecule has 0 saturated carbocycles. The molecular formula is C25H18N2O5. The Bertz CT molecular complexity index is 1390. The van der Waals surface area contributed by atoms with E-state index in [-0.39, 0.29) is 5.76 Å². The number of furan rings is 1. The highest BCUT2D eigenvalue weighted by atomic mass is 16.6. The molecule has 1 fully saturated rings. The first-order chi connectivity index (χ1) is 15.5. The number of nitrogens with one attached hydrogen (secondary N) is 1. The lowest BCUT2D eigenvalue weighted by atomic mass is 10.1. The van der Waals surface area contributed by atoms with Crippen molar-refractivity contribution in [3.8, 4) is 11.5 Å². The Kier molecular flexibility index (Phi) is 4.91. The molecule has 5 rings (SSSR count). The normalized spacial score (nSPS) is 15.1. The first-order valence-electron chi connectivity index (χ1n) is 10.0. The number of cyclic esters (lactones) is 1. The van der Waals surface area contributed by atoms with Crippen LogP contribution in [0, 0.1) is 6.92 Å². The first kappa shape index (κ1) is 19.6. The maximum atomic E-state index is 11.5. The molecule has 0 atom stereocenters. The highest BCUT2D eigenvalue weighted by Gasteiger charge is 2.25. The average molecular weight is 426 g/mol. The van der Waals surface area contributed by atoms with Crippen molar-refractivity contribution in [3.63, 3.8) is 0 Å². The summed E-state index contributed by atoms with van der Waals surface area (Å²) in [7, 11) is 0. The number of allylic oxidation sites excluding steroid dienone is 2. The summed E-state index contributed by atoms with van der Waals surface area (Å²) in [6, 6.07) is 17.5. The summed E-state index contributed by atoms with van der Waals surface area (Å²) in [4.78, 5) is 27.1. The predicted molar refractivity (Wildman–Crippen MR) is 117 cm³/mol. The van der Waals surface area contributed by atoms with Crippen LogP contribution in [0.1, 0.15) is 22.8 Å². The molecule has 32 heavy (non-hydrogen) atoms. The summed E-state index contributed by atoms with van der Waals surface area (Å²) in [5, 5.41) is 3.00. The Labute approximate surface area is 183 Å². The third-order valence-electron chi connectivity index (χ3n) is 5.02. The summed E-state index contributed by atoms with van der Waals surface area (Å²) < 4.78 is 16.6. The molecule has 1 saturated heterocycles. The van der Waals surface area contributed by atoms with Crippen LogP contribution < -0.4 is 5.32 Å². The number of aromatic nitrogens is 1. The number of hydrogen-bond acceptors (Lipinski definition) is 6. The van der Waals surface area contributed by atoms with Gasteiger partial charge < -0.3 is 13.6 Å². The maximum absolute atomic E-state index is 11.5. The second kappa shape index (κ2) is 8.03. The van der Waals surface area contributed by atoms with Crippen molar-refractivity contribution in [2.24, 2.45) is 0 Å². The van der Waals surface area contributed by atoms with E-state index in [1.807, 2.05) is 67.6 Å². The SMILES string of the molecule is Cc1oc(-c2ccccc2)nc1Cc1cc2cc(/C=C/C=C3\OC(=O)NC3=O)ccc2o1. The number of hydrogen-bond donors (Lipinski definition) is 1. The number of benzene rings is 2. The minimum absolute atomic E-state index is 0.0317. The van der Waals surface area contributed by atoms with Crippen LogP contribution in [0.2, 0.25) is 0 Å². The lowest BCUT2D eigenvalue weighted by molar-refractivity contribution is -0.116. The van der Waals surface area contributed by atoms with Gasteiger partial charge in [0.25, 0.3) is 5.91 Å². The molecule has 1 N–H and O–H groups in total. The average Bonchev–Trinajstić information content (AvgIpc) is 3.45. The number of carbonyl (C=O) groups is 2. The minimum Gasteiger partial charge on any atom is -0.461 e. The van der Waals surface area contributed by atoms with Crippen molar-refractivity contribution in [2.45, 2.75) is 13.3 Å². The van der Waals surface area contributed by atoms with Crippen LogP contribution >= 0.6 is 0 Å². The van der Waals surface area contributed by atoms with E-state index in [1.54, 1.807) is 6.08 Å². The Hall–Kier alpha value is -4.39. The molecule has 0 aliphatic carbocycles. The second-order valence-electron chi connectivity index (χ2n) is 7.31. The van der Waals surface area contributed by atoms with Gasteiger partial charge in [0.05, 0.1) is 12.1 Å². The van der Waals surface area contributed by atoms with Crippen molar-refractivity contribution in [1.82, 2.24) is 10.3 Å². The molecule has 0 bridgehead atoms. The fraction of sp³-hybridized carbons (Fsp3) is 0.0800. The van der Waals surface area contributed by atoms with E-state index in [0.717, 1.165) is 39.3 Å². The van der Waals surface area contributed by atoms with E-state index in [9.17, 15) is 9.59 Å². The topological polar surface area (TPSA) is 94.6 Å². The van der Waals surface area contributed by atoms with Gasteiger partial charge >= 0.3 is 6.09 Å². The van der Waals surface area contributed by atoms with E-state index in [4.69, 9.17) is 13.6 Å². The van der Waals surface area contributed by atoms with Crippen molar-refractivity contribution in [2.75, 3.05) is 0 Å². The Morgan fingerprint density at radius 2 is 1.88 bits per heavy atom. The van der Waals surface area contributed by atoms with Gasteiger partial charge in [0.1, 0.15) is 17.1 Å². The highest BCUT2D eigenvalue weighted by molar-refractivity contribution is 6.07. The lowest BCUT2D eigenvalue weighted by Crippen LogP contribution is -2.18. The number of alkyl carbamates (subject to hydrolysis) is 1. The molecule has 7 heteroatoms. The van der Waals surface area contributed by atoms with E-state index >= 15 is 0 Å².